The van der Waals surface area contributed by atoms with Crippen molar-refractivity contribution in [2.45, 2.75) is 115 Å². The largest absolute Gasteiger partial charge is 0.481 e. The van der Waals surface area contributed by atoms with E-state index in [2.05, 4.69) is 37.2 Å². The minimum atomic E-state index is -1.72. The van der Waals surface area contributed by atoms with Crippen LogP contribution in [0.2, 0.25) is 0 Å². The first kappa shape index (κ1) is 50.0. The summed E-state index contributed by atoms with van der Waals surface area (Å²) in [4.78, 5) is 127. The van der Waals surface area contributed by atoms with E-state index in [9.17, 15) is 58.2 Å². The van der Waals surface area contributed by atoms with E-state index in [1.807, 2.05) is 44.2 Å². The Balaban J connectivity index is 1.98. The SMILES string of the molecule is CC(C)C[C@H](NC(=O)[C@@H](N)Cc1ccccc1)C(=O)N[C@@H](C)C(=O)NCC(=O)N[C@@H](CO)C(=O)N1CCC[C@H]1C(=O)N[C@@H](CC(=O)O)C(=O)N[C@@H](C)C(=O)N[C@@H](C)C(=O)O. The van der Waals surface area contributed by atoms with Crippen molar-refractivity contribution in [2.75, 3.05) is 19.7 Å². The summed E-state index contributed by atoms with van der Waals surface area (Å²) in [6.45, 7) is 5.82. The van der Waals surface area contributed by atoms with Crippen LogP contribution >= 0.6 is 0 Å². The van der Waals surface area contributed by atoms with Crippen LogP contribution in [0.4, 0.5) is 0 Å². The van der Waals surface area contributed by atoms with Crippen LogP contribution in [0.1, 0.15) is 65.9 Å². The summed E-state index contributed by atoms with van der Waals surface area (Å²) in [6, 6.07) is -1.24. The minimum Gasteiger partial charge on any atom is -0.481 e. The zero-order chi connectivity index (χ0) is 45.3. The average molecular weight is 848 g/mol. The van der Waals surface area contributed by atoms with Crippen LogP contribution in [0.25, 0.3) is 0 Å². The highest BCUT2D eigenvalue weighted by molar-refractivity contribution is 5.98. The second kappa shape index (κ2) is 24.1. The van der Waals surface area contributed by atoms with E-state index in [0.29, 0.717) is 0 Å². The van der Waals surface area contributed by atoms with Crippen LogP contribution < -0.4 is 43.0 Å². The molecule has 0 aromatic heterocycles. The summed E-state index contributed by atoms with van der Waals surface area (Å²) >= 11 is 0. The Bertz CT molecular complexity index is 1730. The van der Waals surface area contributed by atoms with Gasteiger partial charge in [-0.2, -0.15) is 0 Å². The first-order valence-electron chi connectivity index (χ1n) is 19.4. The van der Waals surface area contributed by atoms with Crippen molar-refractivity contribution in [1.29, 1.82) is 0 Å². The Morgan fingerprint density at radius 1 is 0.717 bits per heavy atom. The van der Waals surface area contributed by atoms with Gasteiger partial charge in [-0.1, -0.05) is 44.2 Å². The maximum absolute atomic E-state index is 13.4. The fourth-order valence-electron chi connectivity index (χ4n) is 6.01. The molecule has 0 unspecified atom stereocenters. The van der Waals surface area contributed by atoms with Gasteiger partial charge in [-0.3, -0.25) is 47.9 Å². The molecule has 332 valence electrons. The number of carbonyl (C=O) groups is 10. The van der Waals surface area contributed by atoms with Gasteiger partial charge in [-0.15, -0.1) is 0 Å². The van der Waals surface area contributed by atoms with E-state index < -0.39 is 127 Å². The first-order valence-corrected chi connectivity index (χ1v) is 19.4. The number of aliphatic carboxylic acids is 2. The number of hydrogen-bond donors (Lipinski definition) is 11. The topological polar surface area (TPSA) is 345 Å². The Morgan fingerprint density at radius 2 is 1.30 bits per heavy atom. The molecule has 0 bridgehead atoms. The van der Waals surface area contributed by atoms with Crippen molar-refractivity contribution in [3.8, 4) is 0 Å². The van der Waals surface area contributed by atoms with Crippen LogP contribution in [0.15, 0.2) is 30.3 Å². The molecule has 8 atom stereocenters. The molecule has 0 saturated carbocycles. The number of nitrogens with one attached hydrogen (secondary N) is 7. The Hall–Kier alpha value is -6.16. The molecule has 22 heteroatoms. The van der Waals surface area contributed by atoms with Gasteiger partial charge in [0.2, 0.25) is 47.3 Å². The van der Waals surface area contributed by atoms with Crippen LogP contribution in [0.3, 0.4) is 0 Å². The van der Waals surface area contributed by atoms with E-state index in [-0.39, 0.29) is 38.1 Å². The number of hydrogen-bond acceptors (Lipinski definition) is 12. The number of benzene rings is 1. The van der Waals surface area contributed by atoms with Crippen molar-refractivity contribution in [3.05, 3.63) is 35.9 Å². The van der Waals surface area contributed by atoms with Gasteiger partial charge in [0.15, 0.2) is 0 Å². The fraction of sp³-hybridized carbons (Fsp3) is 0.579. The molecular weight excluding hydrogens is 790 g/mol. The number of carboxylic acid groups (broad SMARTS) is 2. The smallest absolute Gasteiger partial charge is 0.325 e. The number of nitrogens with zero attached hydrogens (tertiary/aromatic N) is 1. The maximum atomic E-state index is 13.4. The Morgan fingerprint density at radius 3 is 1.87 bits per heavy atom. The molecule has 1 heterocycles. The number of carboxylic acids is 2. The second-order valence-electron chi connectivity index (χ2n) is 14.9. The van der Waals surface area contributed by atoms with Crippen molar-refractivity contribution in [1.82, 2.24) is 42.1 Å². The minimum absolute atomic E-state index is 0.0107. The summed E-state index contributed by atoms with van der Waals surface area (Å²) in [5.74, 6) is -9.58. The van der Waals surface area contributed by atoms with Crippen molar-refractivity contribution in [3.63, 3.8) is 0 Å². The number of nitrogens with two attached hydrogens (primary N) is 1. The monoisotopic (exact) mass is 847 g/mol. The molecule has 1 aliphatic heterocycles. The van der Waals surface area contributed by atoms with Gasteiger partial charge in [0.1, 0.15) is 42.3 Å². The molecular formula is C38H57N9O13. The van der Waals surface area contributed by atoms with E-state index >= 15 is 0 Å². The van der Waals surface area contributed by atoms with Gasteiger partial charge in [-0.05, 0) is 57.9 Å². The normalized spacial score (nSPS) is 17.0. The Kier molecular flexibility index (Phi) is 20.0. The molecule has 1 aromatic rings. The third-order valence-electron chi connectivity index (χ3n) is 9.30. The molecule has 8 amide bonds. The van der Waals surface area contributed by atoms with Crippen LogP contribution in [0, 0.1) is 5.92 Å². The predicted molar refractivity (Wildman–Crippen MR) is 211 cm³/mol. The summed E-state index contributed by atoms with van der Waals surface area (Å²) in [7, 11) is 0. The van der Waals surface area contributed by atoms with E-state index in [4.69, 9.17) is 10.8 Å². The fourth-order valence-corrected chi connectivity index (χ4v) is 6.01. The molecule has 0 spiro atoms. The quantitative estimate of drug-likeness (QED) is 0.0504. The van der Waals surface area contributed by atoms with E-state index in [1.165, 1.54) is 20.8 Å². The maximum Gasteiger partial charge on any atom is 0.325 e. The predicted octanol–water partition coefficient (Wildman–Crippen LogP) is -3.77. The Labute approximate surface area is 346 Å². The van der Waals surface area contributed by atoms with Gasteiger partial charge < -0.3 is 63.2 Å². The van der Waals surface area contributed by atoms with Crippen molar-refractivity contribution < 1.29 is 63.3 Å². The molecule has 0 radical (unpaired) electrons. The standard InChI is InChI=1S/C38H57N9O13/c1-19(2)14-25(45-33(54)24(39)15-23-10-7-6-8-11-23)34(55)41-20(3)31(52)40-17-29(49)44-27(18-48)37(58)47-13-9-12-28(47)36(57)46-26(16-30(50)51)35(56)42-21(4)32(53)43-22(5)38(59)60/h6-8,10-11,19-22,24-28,48H,9,12-18,39H2,1-5H3,(H,40,52)(H,41,55)(H,42,56)(H,43,53)(H,44,49)(H,45,54)(H,46,57)(H,50,51)(H,59,60)/t20-,21-,22-,24-,25-,26-,27-,28-/m0/s1. The number of aliphatic hydroxyl groups is 1. The zero-order valence-corrected chi connectivity index (χ0v) is 34.2. The van der Waals surface area contributed by atoms with Gasteiger partial charge in [-0.25, -0.2) is 0 Å². The lowest BCUT2D eigenvalue weighted by Crippen LogP contribution is -2.59. The molecule has 12 N–H and O–H groups in total. The summed E-state index contributed by atoms with van der Waals surface area (Å²) in [5, 5.41) is 44.7. The third kappa shape index (κ3) is 16.2. The zero-order valence-electron chi connectivity index (χ0n) is 34.2. The lowest BCUT2D eigenvalue weighted by Gasteiger charge is -2.29. The van der Waals surface area contributed by atoms with Crippen molar-refractivity contribution in [2.24, 2.45) is 11.7 Å². The summed E-state index contributed by atoms with van der Waals surface area (Å²) in [6.07, 6.45) is -0.0958. The molecule has 0 aliphatic carbocycles. The lowest BCUT2D eigenvalue weighted by molar-refractivity contribution is -0.144. The van der Waals surface area contributed by atoms with E-state index in [0.717, 1.165) is 10.5 Å². The number of carbonyl (C=O) groups excluding carboxylic acids is 8. The molecule has 60 heavy (non-hydrogen) atoms. The number of amides is 8. The first-order chi connectivity index (χ1) is 28.1. The number of rotatable bonds is 23. The van der Waals surface area contributed by atoms with Gasteiger partial charge in [0.25, 0.3) is 0 Å². The van der Waals surface area contributed by atoms with Gasteiger partial charge >= 0.3 is 11.9 Å². The highest BCUT2D eigenvalue weighted by Gasteiger charge is 2.39. The van der Waals surface area contributed by atoms with Crippen molar-refractivity contribution >= 4 is 59.2 Å². The molecule has 2 rings (SSSR count). The average Bonchev–Trinajstić information content (AvgIpc) is 3.68. The van der Waals surface area contributed by atoms with E-state index in [1.54, 1.807) is 0 Å². The lowest BCUT2D eigenvalue weighted by atomic mass is 10.0. The molecule has 1 aliphatic rings. The van der Waals surface area contributed by atoms with Crippen LogP contribution in [0.5, 0.6) is 0 Å². The van der Waals surface area contributed by atoms with Gasteiger partial charge in [0, 0.05) is 6.54 Å². The molecule has 1 saturated heterocycles. The highest BCUT2D eigenvalue weighted by Crippen LogP contribution is 2.19. The third-order valence-corrected chi connectivity index (χ3v) is 9.30. The molecule has 1 fully saturated rings. The second-order valence-corrected chi connectivity index (χ2v) is 14.9. The highest BCUT2D eigenvalue weighted by atomic mass is 16.4. The summed E-state index contributed by atoms with van der Waals surface area (Å²) in [5.41, 5.74) is 6.92. The molecule has 22 nitrogen and oxygen atoms in total. The number of aliphatic hydroxyl groups excluding tert-OH is 1. The summed E-state index contributed by atoms with van der Waals surface area (Å²) < 4.78 is 0. The van der Waals surface area contributed by atoms with Gasteiger partial charge in [0.05, 0.1) is 25.6 Å². The molecule has 1 aromatic carbocycles. The van der Waals surface area contributed by atoms with Crippen LogP contribution in [-0.2, 0) is 54.4 Å². The van der Waals surface area contributed by atoms with Crippen LogP contribution in [-0.4, -0.2) is 147 Å². The number of likely N-dealkylation sites (tertiary alicyclic amines) is 1.